The zero-order valence-electron chi connectivity index (χ0n) is 14.0. The molecule has 120 valence electrons. The molecule has 1 aliphatic carbocycles. The summed E-state index contributed by atoms with van der Waals surface area (Å²) in [6.07, 6.45) is 3.61. The van der Waals surface area contributed by atoms with E-state index < -0.39 is 8.32 Å². The number of Topliss-reactive ketones (excluding diaryl/α,β-unsaturated/α-hetero) is 1. The molecule has 0 radical (unpaired) electrons. The van der Waals surface area contributed by atoms with Crippen LogP contribution in [-0.4, -0.2) is 20.1 Å². The first-order valence-corrected chi connectivity index (χ1v) is 11.5. The zero-order valence-corrected chi connectivity index (χ0v) is 15.0. The van der Waals surface area contributed by atoms with E-state index in [4.69, 9.17) is 4.43 Å². The lowest BCUT2D eigenvalue weighted by atomic mass is 9.94. The predicted molar refractivity (Wildman–Crippen MR) is 90.3 cm³/mol. The van der Waals surface area contributed by atoms with Crippen LogP contribution < -0.4 is 0 Å². The molecule has 4 heteroatoms. The summed E-state index contributed by atoms with van der Waals surface area (Å²) in [6.45, 7) is 7.93. The Morgan fingerprint density at radius 1 is 1.27 bits per heavy atom. The molecule has 2 unspecified atom stereocenters. The van der Waals surface area contributed by atoms with Gasteiger partial charge in [-0.1, -0.05) is 24.3 Å². The van der Waals surface area contributed by atoms with Gasteiger partial charge in [-0.05, 0) is 57.0 Å². The van der Waals surface area contributed by atoms with Crippen molar-refractivity contribution in [3.05, 3.63) is 35.4 Å². The first-order chi connectivity index (χ1) is 10.3. The summed E-state index contributed by atoms with van der Waals surface area (Å²) in [6, 6.07) is 8.06. The Bertz CT molecular complexity index is 542. The van der Waals surface area contributed by atoms with E-state index in [1.165, 1.54) is 5.56 Å². The summed E-state index contributed by atoms with van der Waals surface area (Å²) in [5, 5.41) is 0. The Kier molecular flexibility index (Phi) is 5.22. The van der Waals surface area contributed by atoms with Gasteiger partial charge in [0.15, 0.2) is 0 Å². The summed E-state index contributed by atoms with van der Waals surface area (Å²) < 4.78 is 5.56. The number of rotatable bonds is 5. The third-order valence-electron chi connectivity index (χ3n) is 4.15. The molecule has 1 aromatic rings. The molecule has 2 rings (SSSR count). The van der Waals surface area contributed by atoms with E-state index in [0.717, 1.165) is 31.2 Å². The molecule has 2 atom stereocenters. The van der Waals surface area contributed by atoms with Crippen molar-refractivity contribution in [2.24, 2.45) is 5.92 Å². The van der Waals surface area contributed by atoms with Gasteiger partial charge in [0.25, 0.3) is 5.97 Å². The topological polar surface area (TPSA) is 43.4 Å². The minimum Gasteiger partial charge on any atom is -0.519 e. The molecule has 22 heavy (non-hydrogen) atoms. The minimum atomic E-state index is -1.85. The maximum absolute atomic E-state index is 12.1. The van der Waals surface area contributed by atoms with Crippen molar-refractivity contribution in [2.45, 2.75) is 58.2 Å². The normalized spacial score (nSPS) is 20.0. The molecule has 0 saturated heterocycles. The summed E-state index contributed by atoms with van der Waals surface area (Å²) >= 11 is 0. The molecule has 1 saturated carbocycles. The third kappa shape index (κ3) is 4.53. The quantitative estimate of drug-likeness (QED) is 0.768. The lowest BCUT2D eigenvalue weighted by molar-refractivity contribution is -0.136. The Morgan fingerprint density at radius 3 is 2.41 bits per heavy atom. The summed E-state index contributed by atoms with van der Waals surface area (Å²) in [5.74, 6) is 0.211. The van der Waals surface area contributed by atoms with Gasteiger partial charge in [-0.15, -0.1) is 0 Å². The van der Waals surface area contributed by atoms with Crippen LogP contribution >= 0.6 is 0 Å². The second-order valence-corrected chi connectivity index (χ2v) is 11.7. The molecule has 3 nitrogen and oxygen atoms in total. The average Bonchev–Trinajstić information content (AvgIpc) is 2.82. The van der Waals surface area contributed by atoms with E-state index in [9.17, 15) is 9.59 Å². The maximum Gasteiger partial charge on any atom is 0.299 e. The van der Waals surface area contributed by atoms with Crippen molar-refractivity contribution < 1.29 is 14.0 Å². The van der Waals surface area contributed by atoms with Gasteiger partial charge in [0, 0.05) is 12.3 Å². The SMILES string of the molecule is CC(C(=O)O[Si](C)(C)C)c1ccc(CC2CCCC2=O)cc1. The molecule has 1 aromatic carbocycles. The molecule has 0 aromatic heterocycles. The monoisotopic (exact) mass is 318 g/mol. The van der Waals surface area contributed by atoms with Gasteiger partial charge in [-0.3, -0.25) is 9.59 Å². The molecule has 0 heterocycles. The highest BCUT2D eigenvalue weighted by Crippen LogP contribution is 2.26. The number of hydrogen-bond donors (Lipinski definition) is 0. The van der Waals surface area contributed by atoms with Crippen molar-refractivity contribution in [1.29, 1.82) is 0 Å². The molecular formula is C18H26O3Si. The van der Waals surface area contributed by atoms with Crippen LogP contribution in [0.1, 0.15) is 43.2 Å². The van der Waals surface area contributed by atoms with E-state index in [0.29, 0.717) is 5.78 Å². The molecule has 1 fully saturated rings. The summed E-state index contributed by atoms with van der Waals surface area (Å²) in [4.78, 5) is 23.9. The molecule has 1 aliphatic rings. The Balaban J connectivity index is 1.99. The van der Waals surface area contributed by atoms with E-state index in [1.807, 2.05) is 50.8 Å². The number of ketones is 1. The van der Waals surface area contributed by atoms with Crippen LogP contribution in [0.5, 0.6) is 0 Å². The van der Waals surface area contributed by atoms with Crippen LogP contribution in [0.2, 0.25) is 19.6 Å². The highest BCUT2D eigenvalue weighted by molar-refractivity contribution is 6.71. The van der Waals surface area contributed by atoms with Crippen molar-refractivity contribution in [2.75, 3.05) is 0 Å². The smallest absolute Gasteiger partial charge is 0.299 e. The largest absolute Gasteiger partial charge is 0.519 e. The minimum absolute atomic E-state index is 0.141. The molecular weight excluding hydrogens is 292 g/mol. The number of benzene rings is 1. The maximum atomic E-state index is 12.1. The second-order valence-electron chi connectivity index (χ2n) is 7.26. The molecule has 0 spiro atoms. The summed E-state index contributed by atoms with van der Waals surface area (Å²) in [7, 11) is -1.85. The average molecular weight is 318 g/mol. The van der Waals surface area contributed by atoms with E-state index >= 15 is 0 Å². The first-order valence-electron chi connectivity index (χ1n) is 8.10. The van der Waals surface area contributed by atoms with Gasteiger partial charge >= 0.3 is 0 Å². The zero-order chi connectivity index (χ0) is 16.3. The number of carbonyl (C=O) groups excluding carboxylic acids is 2. The molecule has 0 bridgehead atoms. The molecule has 0 aliphatic heterocycles. The fourth-order valence-corrected chi connectivity index (χ4v) is 3.64. The van der Waals surface area contributed by atoms with Gasteiger partial charge in [0.1, 0.15) is 5.78 Å². The Labute approximate surface area is 134 Å². The predicted octanol–water partition coefficient (Wildman–Crippen LogP) is 4.08. The number of hydrogen-bond acceptors (Lipinski definition) is 3. The van der Waals surface area contributed by atoms with Crippen LogP contribution in [-0.2, 0) is 20.4 Å². The van der Waals surface area contributed by atoms with E-state index in [1.54, 1.807) is 0 Å². The first kappa shape index (κ1) is 16.9. The van der Waals surface area contributed by atoms with Crippen LogP contribution in [0.4, 0.5) is 0 Å². The third-order valence-corrected chi connectivity index (χ3v) is 4.97. The van der Waals surface area contributed by atoms with Gasteiger partial charge in [0.2, 0.25) is 8.32 Å². The van der Waals surface area contributed by atoms with Crippen molar-refractivity contribution in [1.82, 2.24) is 0 Å². The van der Waals surface area contributed by atoms with Gasteiger partial charge < -0.3 is 4.43 Å². The van der Waals surface area contributed by atoms with Crippen LogP contribution in [0.3, 0.4) is 0 Å². The lowest BCUT2D eigenvalue weighted by Gasteiger charge is -2.21. The lowest BCUT2D eigenvalue weighted by Crippen LogP contribution is -2.31. The van der Waals surface area contributed by atoms with Crippen LogP contribution in [0, 0.1) is 5.92 Å². The standard InChI is InChI=1S/C18H26O3Si/c1-13(18(20)21-22(2,3)4)15-10-8-14(9-11-15)12-16-6-5-7-17(16)19/h8-11,13,16H,5-7,12H2,1-4H3. The number of carbonyl (C=O) groups is 2. The van der Waals surface area contributed by atoms with Crippen LogP contribution in [0.25, 0.3) is 0 Å². The Hall–Kier alpha value is -1.42. The van der Waals surface area contributed by atoms with Gasteiger partial charge in [-0.25, -0.2) is 0 Å². The summed E-state index contributed by atoms with van der Waals surface area (Å²) in [5.41, 5.74) is 2.15. The van der Waals surface area contributed by atoms with Crippen molar-refractivity contribution >= 4 is 20.1 Å². The molecule has 0 N–H and O–H groups in total. The Morgan fingerprint density at radius 2 is 1.91 bits per heavy atom. The van der Waals surface area contributed by atoms with E-state index in [-0.39, 0.29) is 17.8 Å². The van der Waals surface area contributed by atoms with Gasteiger partial charge in [-0.2, -0.15) is 0 Å². The van der Waals surface area contributed by atoms with Crippen molar-refractivity contribution in [3.8, 4) is 0 Å². The molecule has 0 amide bonds. The fourth-order valence-electron chi connectivity index (χ4n) is 2.86. The van der Waals surface area contributed by atoms with E-state index in [2.05, 4.69) is 0 Å². The highest BCUT2D eigenvalue weighted by Gasteiger charge is 2.26. The van der Waals surface area contributed by atoms with Crippen molar-refractivity contribution in [3.63, 3.8) is 0 Å². The highest BCUT2D eigenvalue weighted by atomic mass is 28.4. The van der Waals surface area contributed by atoms with Crippen LogP contribution in [0.15, 0.2) is 24.3 Å². The fraction of sp³-hybridized carbons (Fsp3) is 0.556. The second kappa shape index (κ2) is 6.78. The van der Waals surface area contributed by atoms with Gasteiger partial charge in [0.05, 0.1) is 5.92 Å².